The zero-order valence-electron chi connectivity index (χ0n) is 44.6. The number of nitrogens with zero attached hydrogens (tertiary/aromatic N) is 5. The van der Waals surface area contributed by atoms with Crippen LogP contribution in [0, 0.1) is 0 Å². The van der Waals surface area contributed by atoms with Crippen LogP contribution in [0.25, 0.3) is 0 Å². The van der Waals surface area contributed by atoms with Crippen molar-refractivity contribution in [3.05, 3.63) is 0 Å². The molecule has 0 amide bonds. The smallest absolute Gasteiger partial charge is 0.306 e. The zero-order valence-corrected chi connectivity index (χ0v) is 44.6. The average molecular weight is 993 g/mol. The van der Waals surface area contributed by atoms with E-state index in [-0.39, 0.29) is 89.8 Å². The quantitative estimate of drug-likeness (QED) is 0.0219. The van der Waals surface area contributed by atoms with Crippen molar-refractivity contribution in [2.75, 3.05) is 229 Å². The first-order valence-electron chi connectivity index (χ1n) is 24.4. The molecular weight excluding hydrogens is 891 g/mol. The van der Waals surface area contributed by atoms with Crippen LogP contribution in [0.2, 0.25) is 0 Å². The highest BCUT2D eigenvalue weighted by molar-refractivity contribution is 5.77. The van der Waals surface area contributed by atoms with Gasteiger partial charge in [-0.2, -0.15) is 0 Å². The Kier molecular flexibility index (Phi) is 34.5. The number of esters is 2. The summed E-state index contributed by atoms with van der Waals surface area (Å²) in [6.45, 7) is 6.62. The van der Waals surface area contributed by atoms with Crippen LogP contribution < -0.4 is 0 Å². The topological polar surface area (TPSA) is 229 Å². The Hall–Kier alpha value is -1.74. The molecule has 21 heteroatoms. The molecule has 0 saturated carbocycles. The third-order valence-corrected chi connectivity index (χ3v) is 10.3. The Morgan fingerprint density at radius 2 is 0.603 bits per heavy atom. The maximum absolute atomic E-state index is 12.7. The number of likely N-dealkylation sites (N-methyl/N-ethyl adjacent to an activating group) is 5. The summed E-state index contributed by atoms with van der Waals surface area (Å²) in [6, 6.07) is 0. The Morgan fingerprint density at radius 3 is 0.882 bits per heavy atom. The van der Waals surface area contributed by atoms with Gasteiger partial charge in [0.25, 0.3) is 0 Å². The second-order valence-electron chi connectivity index (χ2n) is 22.3. The molecule has 6 N–H and O–H groups in total. The van der Waals surface area contributed by atoms with Gasteiger partial charge < -0.3 is 90.9 Å². The van der Waals surface area contributed by atoms with Gasteiger partial charge in [-0.05, 0) is 19.3 Å². The van der Waals surface area contributed by atoms with Crippen molar-refractivity contribution < 1.29 is 101 Å². The van der Waals surface area contributed by atoms with E-state index in [1.54, 1.807) is 0 Å². The summed E-state index contributed by atoms with van der Waals surface area (Å²) in [5.41, 5.74) is 0. The molecule has 0 bridgehead atoms. The van der Waals surface area contributed by atoms with Gasteiger partial charge in [-0.1, -0.05) is 0 Å². The molecule has 0 aromatic rings. The fourth-order valence-electron chi connectivity index (χ4n) is 7.39. The van der Waals surface area contributed by atoms with Crippen molar-refractivity contribution >= 4 is 11.9 Å². The lowest BCUT2D eigenvalue weighted by Crippen LogP contribution is -2.55. The van der Waals surface area contributed by atoms with Gasteiger partial charge in [-0.3, -0.25) is 9.59 Å². The number of carbonyl (C=O) groups is 2. The molecule has 0 spiro atoms. The second-order valence-corrected chi connectivity index (χ2v) is 22.3. The van der Waals surface area contributed by atoms with Gasteiger partial charge in [-0.15, -0.1) is 0 Å². The third-order valence-electron chi connectivity index (χ3n) is 10.3. The van der Waals surface area contributed by atoms with E-state index in [4.69, 9.17) is 37.9 Å². The number of hydrogen-bond acceptors (Lipinski definition) is 16. The molecule has 6 atom stereocenters. The largest absolute Gasteiger partial charge is 0.460 e. The van der Waals surface area contributed by atoms with Gasteiger partial charge in [0.05, 0.1) is 137 Å². The third kappa shape index (κ3) is 43.1. The molecule has 0 aliphatic carbocycles. The number of ether oxygens (including phenoxy) is 8. The molecular formula is C47H102N5O16+5. The number of hydrogen-bond donors (Lipinski definition) is 6. The lowest BCUT2D eigenvalue weighted by Gasteiger charge is -2.37. The highest BCUT2D eigenvalue weighted by Gasteiger charge is 2.30. The fourth-order valence-corrected chi connectivity index (χ4v) is 7.39. The molecule has 406 valence electrons. The van der Waals surface area contributed by atoms with Crippen molar-refractivity contribution in [2.24, 2.45) is 0 Å². The van der Waals surface area contributed by atoms with Gasteiger partial charge in [0.15, 0.2) is 0 Å². The van der Waals surface area contributed by atoms with Crippen molar-refractivity contribution in [3.8, 4) is 0 Å². The summed E-state index contributed by atoms with van der Waals surface area (Å²) >= 11 is 0. The lowest BCUT2D eigenvalue weighted by atomic mass is 10.2. The zero-order chi connectivity index (χ0) is 51.9. The van der Waals surface area contributed by atoms with Crippen LogP contribution in [0.5, 0.6) is 0 Å². The van der Waals surface area contributed by atoms with E-state index in [0.29, 0.717) is 110 Å². The number of quaternary nitrogens is 5. The molecule has 21 nitrogen and oxygen atoms in total. The van der Waals surface area contributed by atoms with E-state index in [9.17, 15) is 40.2 Å². The van der Waals surface area contributed by atoms with Crippen LogP contribution in [-0.4, -0.2) is 331 Å². The van der Waals surface area contributed by atoms with Crippen molar-refractivity contribution in [1.82, 2.24) is 0 Å². The predicted octanol–water partition coefficient (Wildman–Crippen LogP) is -2.07. The Labute approximate surface area is 409 Å². The monoisotopic (exact) mass is 993 g/mol. The van der Waals surface area contributed by atoms with Crippen LogP contribution in [0.1, 0.15) is 32.1 Å². The van der Waals surface area contributed by atoms with Crippen molar-refractivity contribution in [2.45, 2.75) is 68.7 Å². The summed E-state index contributed by atoms with van der Waals surface area (Å²) in [7, 11) is 23.7. The van der Waals surface area contributed by atoms with Gasteiger partial charge >= 0.3 is 11.9 Å². The van der Waals surface area contributed by atoms with E-state index in [0.717, 1.165) is 0 Å². The molecule has 0 heterocycles. The standard InChI is InChI=1S/C47H102N5O16/c1-48(2,3)28-40(53)34-61-20-13-23-64-37-43(56)31-51(10,11)18-26-67-46(59)16-17-47(60)68-27-19-52(12,32-44(57)38-65-24-14-21-62-35-41(54)29-49(4,5)6)33-45(58)39-66-25-15-22-63-36-42(55)30-50(7,8)9/h40-45,53-58H,13-39H2,1-12H3/q+5. The highest BCUT2D eigenvalue weighted by Crippen LogP contribution is 2.10. The first-order chi connectivity index (χ1) is 31.5. The summed E-state index contributed by atoms with van der Waals surface area (Å²) < 4.78 is 47.0. The van der Waals surface area contributed by atoms with Crippen molar-refractivity contribution in [3.63, 3.8) is 0 Å². The average Bonchev–Trinajstić information content (AvgIpc) is 3.16. The second kappa shape index (κ2) is 35.4. The normalized spacial score (nSPS) is 16.4. The van der Waals surface area contributed by atoms with Gasteiger partial charge in [0.2, 0.25) is 0 Å². The minimum atomic E-state index is -0.892. The summed E-state index contributed by atoms with van der Waals surface area (Å²) in [5, 5.41) is 62.7. The maximum Gasteiger partial charge on any atom is 0.306 e. The SMILES string of the molecule is C[N+](C)(C)CC(O)COCCCOCC(O)C[N+](C)(C)CCOC(=O)CCC(=O)OCC[N+](C)(CC(O)COCCCOCC(O)C[N+](C)(C)C)CC(O)COCCCOCC(O)C[N+](C)(C)C. The molecule has 0 saturated heterocycles. The lowest BCUT2D eigenvalue weighted by molar-refractivity contribution is -0.915. The van der Waals surface area contributed by atoms with Gasteiger partial charge in [0.1, 0.15) is 102 Å². The minimum Gasteiger partial charge on any atom is -0.460 e. The van der Waals surface area contributed by atoms with E-state index >= 15 is 0 Å². The molecule has 0 aliphatic heterocycles. The summed E-state index contributed by atoms with van der Waals surface area (Å²) in [4.78, 5) is 25.2. The molecule has 0 fully saturated rings. The first-order valence-corrected chi connectivity index (χ1v) is 24.4. The first kappa shape index (κ1) is 66.3. The molecule has 0 aromatic heterocycles. The van der Waals surface area contributed by atoms with Crippen LogP contribution in [0.15, 0.2) is 0 Å². The Bertz CT molecular complexity index is 1240. The molecule has 68 heavy (non-hydrogen) atoms. The van der Waals surface area contributed by atoms with E-state index < -0.39 is 48.6 Å². The van der Waals surface area contributed by atoms with Crippen LogP contribution >= 0.6 is 0 Å². The van der Waals surface area contributed by atoms with Crippen LogP contribution in [0.3, 0.4) is 0 Å². The minimum absolute atomic E-state index is 0.0210. The number of carbonyl (C=O) groups excluding carboxylic acids is 2. The molecule has 6 unspecified atom stereocenters. The van der Waals surface area contributed by atoms with Gasteiger partial charge in [0, 0.05) is 39.6 Å². The maximum atomic E-state index is 12.7. The van der Waals surface area contributed by atoms with E-state index in [1.165, 1.54) is 0 Å². The highest BCUT2D eigenvalue weighted by atomic mass is 16.5. The van der Waals surface area contributed by atoms with Gasteiger partial charge in [-0.25, -0.2) is 0 Å². The van der Waals surface area contributed by atoms with Crippen LogP contribution in [-0.2, 0) is 47.5 Å². The molecule has 0 radical (unpaired) electrons. The molecule has 0 aliphatic rings. The Morgan fingerprint density at radius 1 is 0.353 bits per heavy atom. The van der Waals surface area contributed by atoms with Crippen molar-refractivity contribution in [1.29, 1.82) is 0 Å². The number of aliphatic hydroxyl groups excluding tert-OH is 6. The predicted molar refractivity (Wildman–Crippen MR) is 257 cm³/mol. The molecule has 0 rings (SSSR count). The fraction of sp³-hybridized carbons (Fsp3) is 0.957. The van der Waals surface area contributed by atoms with E-state index in [2.05, 4.69) is 0 Å². The summed E-state index contributed by atoms with van der Waals surface area (Å²) in [6.07, 6.45) is -2.71. The van der Waals surface area contributed by atoms with Crippen LogP contribution in [0.4, 0.5) is 0 Å². The van der Waals surface area contributed by atoms with E-state index in [1.807, 2.05) is 84.6 Å². The number of aliphatic hydroxyl groups is 6. The Balaban J connectivity index is 4.78. The number of rotatable bonds is 45. The molecule has 0 aromatic carbocycles. The summed E-state index contributed by atoms with van der Waals surface area (Å²) in [5.74, 6) is -1.12.